The number of benzene rings is 2. The number of aromatic nitrogens is 1. The first kappa shape index (κ1) is 18.6. The van der Waals surface area contributed by atoms with Crippen molar-refractivity contribution in [1.29, 1.82) is 0 Å². The SMILES string of the molecule is O=C1C(Sc2ccc(Cl)cc2)=C(Sc2ccc(Br)cc2)C(=O)c2[nH]ccc21. The molecular formula is C20H11BrClNO2S2. The minimum absolute atomic E-state index is 0.148. The van der Waals surface area contributed by atoms with Crippen LogP contribution in [0.25, 0.3) is 0 Å². The Morgan fingerprint density at radius 2 is 1.33 bits per heavy atom. The van der Waals surface area contributed by atoms with Crippen molar-refractivity contribution in [1.82, 2.24) is 4.98 Å². The zero-order valence-corrected chi connectivity index (χ0v) is 17.6. The molecule has 1 aliphatic rings. The van der Waals surface area contributed by atoms with Gasteiger partial charge in [0.1, 0.15) is 0 Å². The normalized spacial score (nSPS) is 13.9. The Hall–Kier alpha value is -1.73. The van der Waals surface area contributed by atoms with Crippen LogP contribution in [0.15, 0.2) is 84.9 Å². The summed E-state index contributed by atoms with van der Waals surface area (Å²) >= 11 is 12.0. The van der Waals surface area contributed by atoms with E-state index in [1.807, 2.05) is 36.4 Å². The van der Waals surface area contributed by atoms with E-state index < -0.39 is 0 Å². The molecule has 0 atom stereocenters. The van der Waals surface area contributed by atoms with Crippen molar-refractivity contribution in [2.24, 2.45) is 0 Å². The maximum Gasteiger partial charge on any atom is 0.217 e. The number of carbonyl (C=O) groups excluding carboxylic acids is 2. The van der Waals surface area contributed by atoms with Crippen LogP contribution in [-0.4, -0.2) is 16.6 Å². The zero-order valence-electron chi connectivity index (χ0n) is 13.7. The molecule has 134 valence electrons. The average molecular weight is 477 g/mol. The number of nitrogens with one attached hydrogen (secondary N) is 1. The van der Waals surface area contributed by atoms with Gasteiger partial charge in [-0.15, -0.1) is 0 Å². The third kappa shape index (κ3) is 3.80. The molecule has 27 heavy (non-hydrogen) atoms. The molecular weight excluding hydrogens is 466 g/mol. The summed E-state index contributed by atoms with van der Waals surface area (Å²) in [6.45, 7) is 0. The van der Waals surface area contributed by atoms with Crippen LogP contribution < -0.4 is 0 Å². The molecule has 0 unspecified atom stereocenters. The number of H-pyrrole nitrogens is 1. The summed E-state index contributed by atoms with van der Waals surface area (Å²) in [6, 6.07) is 16.5. The first-order valence-electron chi connectivity index (χ1n) is 7.91. The van der Waals surface area contributed by atoms with Gasteiger partial charge in [0.05, 0.1) is 21.1 Å². The molecule has 3 nitrogen and oxygen atoms in total. The number of aromatic amines is 1. The Balaban J connectivity index is 1.78. The largest absolute Gasteiger partial charge is 0.358 e. The average Bonchev–Trinajstić information content (AvgIpc) is 3.16. The molecule has 7 heteroatoms. The number of ketones is 2. The minimum atomic E-state index is -0.168. The van der Waals surface area contributed by atoms with Crippen molar-refractivity contribution >= 4 is 62.6 Å². The van der Waals surface area contributed by atoms with Gasteiger partial charge in [0.15, 0.2) is 0 Å². The van der Waals surface area contributed by atoms with Gasteiger partial charge in [-0.2, -0.15) is 0 Å². The number of hydrogen-bond acceptors (Lipinski definition) is 4. The van der Waals surface area contributed by atoms with Crippen molar-refractivity contribution in [3.63, 3.8) is 0 Å². The summed E-state index contributed by atoms with van der Waals surface area (Å²) in [5.74, 6) is -0.315. The fourth-order valence-electron chi connectivity index (χ4n) is 2.61. The molecule has 1 aliphatic carbocycles. The highest BCUT2D eigenvalue weighted by molar-refractivity contribution is 9.10. The zero-order chi connectivity index (χ0) is 19.0. The Morgan fingerprint density at radius 1 is 0.778 bits per heavy atom. The van der Waals surface area contributed by atoms with Gasteiger partial charge >= 0.3 is 0 Å². The molecule has 3 aromatic rings. The smallest absolute Gasteiger partial charge is 0.217 e. The van der Waals surface area contributed by atoms with Gasteiger partial charge in [0.2, 0.25) is 11.6 Å². The number of halogens is 2. The molecule has 0 fully saturated rings. The number of thioether (sulfide) groups is 2. The standard InChI is InChI=1S/C20H11BrClNO2S2/c21-11-1-5-13(6-2-11)27-20-18(25)16-15(9-10-23-16)17(24)19(20)26-14-7-3-12(22)4-8-14/h1-10,23H. The number of fused-ring (bicyclic) bond motifs is 1. The van der Waals surface area contributed by atoms with E-state index in [-0.39, 0.29) is 11.6 Å². The lowest BCUT2D eigenvalue weighted by atomic mass is 10.0. The van der Waals surface area contributed by atoms with Gasteiger partial charge in [-0.3, -0.25) is 9.59 Å². The van der Waals surface area contributed by atoms with E-state index in [0.717, 1.165) is 14.3 Å². The summed E-state index contributed by atoms with van der Waals surface area (Å²) < 4.78 is 0.953. The number of hydrogen-bond donors (Lipinski definition) is 1. The van der Waals surface area contributed by atoms with Crippen molar-refractivity contribution in [2.75, 3.05) is 0 Å². The number of allylic oxidation sites excluding steroid dienone is 2. The Morgan fingerprint density at radius 3 is 1.96 bits per heavy atom. The highest BCUT2D eigenvalue weighted by Crippen LogP contribution is 2.43. The lowest BCUT2D eigenvalue weighted by Crippen LogP contribution is -2.18. The molecule has 0 radical (unpaired) electrons. The molecule has 0 saturated carbocycles. The van der Waals surface area contributed by atoms with Crippen LogP contribution in [0.1, 0.15) is 20.8 Å². The molecule has 0 saturated heterocycles. The van der Waals surface area contributed by atoms with Crippen LogP contribution in [0, 0.1) is 0 Å². The second-order valence-corrected chi connectivity index (χ2v) is 9.21. The number of carbonyl (C=O) groups is 2. The molecule has 2 aromatic carbocycles. The second kappa shape index (κ2) is 7.72. The van der Waals surface area contributed by atoms with Gasteiger partial charge in [-0.1, -0.05) is 51.1 Å². The summed E-state index contributed by atoms with van der Waals surface area (Å²) in [5, 5.41) is 0.622. The predicted molar refractivity (Wildman–Crippen MR) is 114 cm³/mol. The van der Waals surface area contributed by atoms with Crippen molar-refractivity contribution < 1.29 is 9.59 Å². The third-order valence-electron chi connectivity index (χ3n) is 3.90. The fourth-order valence-corrected chi connectivity index (χ4v) is 5.04. The first-order valence-corrected chi connectivity index (χ1v) is 10.7. The molecule has 0 aliphatic heterocycles. The Labute approximate surface area is 177 Å². The molecule has 0 amide bonds. The molecule has 4 rings (SSSR count). The highest BCUT2D eigenvalue weighted by atomic mass is 79.9. The summed E-state index contributed by atoms with van der Waals surface area (Å²) in [6.07, 6.45) is 1.62. The van der Waals surface area contributed by atoms with E-state index in [9.17, 15) is 9.59 Å². The predicted octanol–water partition coefficient (Wildman–Crippen LogP) is 6.61. The van der Waals surface area contributed by atoms with Crippen molar-refractivity contribution in [2.45, 2.75) is 9.79 Å². The molecule has 0 spiro atoms. The maximum absolute atomic E-state index is 13.1. The molecule has 1 heterocycles. The fraction of sp³-hybridized carbons (Fsp3) is 0. The molecule has 1 aromatic heterocycles. The monoisotopic (exact) mass is 475 g/mol. The van der Waals surface area contributed by atoms with E-state index in [4.69, 9.17) is 11.6 Å². The van der Waals surface area contributed by atoms with Crippen LogP contribution >= 0.6 is 51.1 Å². The van der Waals surface area contributed by atoms with Gasteiger partial charge in [0, 0.05) is 25.5 Å². The van der Waals surface area contributed by atoms with Gasteiger partial charge in [-0.25, -0.2) is 0 Å². The van der Waals surface area contributed by atoms with E-state index in [1.54, 1.807) is 24.4 Å². The lowest BCUT2D eigenvalue weighted by molar-refractivity contribution is 0.0986. The summed E-state index contributed by atoms with van der Waals surface area (Å²) in [5.41, 5.74) is 0.761. The van der Waals surface area contributed by atoms with E-state index in [1.165, 1.54) is 23.5 Å². The maximum atomic E-state index is 13.1. The molecule has 1 N–H and O–H groups in total. The van der Waals surface area contributed by atoms with E-state index >= 15 is 0 Å². The van der Waals surface area contributed by atoms with Crippen LogP contribution in [0.3, 0.4) is 0 Å². The van der Waals surface area contributed by atoms with Crippen LogP contribution in [0.2, 0.25) is 5.02 Å². The second-order valence-electron chi connectivity index (χ2n) is 5.69. The summed E-state index contributed by atoms with van der Waals surface area (Å²) in [7, 11) is 0. The van der Waals surface area contributed by atoms with Crippen LogP contribution in [0.5, 0.6) is 0 Å². The van der Waals surface area contributed by atoms with Crippen molar-refractivity contribution in [3.8, 4) is 0 Å². The molecule has 0 bridgehead atoms. The van der Waals surface area contributed by atoms with Crippen LogP contribution in [0.4, 0.5) is 0 Å². The third-order valence-corrected chi connectivity index (χ3v) is 7.02. The minimum Gasteiger partial charge on any atom is -0.358 e. The van der Waals surface area contributed by atoms with Crippen molar-refractivity contribution in [3.05, 3.63) is 91.4 Å². The number of rotatable bonds is 4. The Kier molecular flexibility index (Phi) is 5.32. The van der Waals surface area contributed by atoms with Gasteiger partial charge in [-0.05, 0) is 54.6 Å². The van der Waals surface area contributed by atoms with Gasteiger partial charge in [0.25, 0.3) is 0 Å². The van der Waals surface area contributed by atoms with Gasteiger partial charge < -0.3 is 4.98 Å². The highest BCUT2D eigenvalue weighted by Gasteiger charge is 2.34. The first-order chi connectivity index (χ1) is 13.0. The topological polar surface area (TPSA) is 49.9 Å². The van der Waals surface area contributed by atoms with E-state index in [0.29, 0.717) is 26.1 Å². The number of Topliss-reactive ketones (excluding diaryl/α,β-unsaturated/α-hetero) is 2. The Bertz CT molecular complexity index is 988. The van der Waals surface area contributed by atoms with Crippen LogP contribution in [-0.2, 0) is 0 Å². The quantitative estimate of drug-likeness (QED) is 0.460. The summed E-state index contributed by atoms with van der Waals surface area (Å²) in [4.78, 5) is 31.6. The lowest BCUT2D eigenvalue weighted by Gasteiger charge is -2.18. The van der Waals surface area contributed by atoms with E-state index in [2.05, 4.69) is 20.9 Å².